The number of ether oxygens (including phenoxy) is 1. The summed E-state index contributed by atoms with van der Waals surface area (Å²) < 4.78 is 4.66. The maximum Gasteiger partial charge on any atom is 0.328 e. The monoisotopic (exact) mass is 281 g/mol. The Morgan fingerprint density at radius 1 is 1.47 bits per heavy atom. The number of carbonyl (C=O) groups excluding carboxylic acids is 2. The maximum absolute atomic E-state index is 11.9. The Bertz CT molecular complexity index is 271. The second-order valence-electron chi connectivity index (χ2n) is 4.35. The van der Waals surface area contributed by atoms with E-state index in [0.717, 1.165) is 5.75 Å². The van der Waals surface area contributed by atoms with Crippen molar-refractivity contribution in [3.63, 3.8) is 0 Å². The van der Waals surface area contributed by atoms with Gasteiger partial charge in [0, 0.05) is 5.88 Å². The number of thioether (sulfide) groups is 1. The molecule has 0 radical (unpaired) electrons. The first kappa shape index (κ1) is 16.6. The van der Waals surface area contributed by atoms with E-state index in [9.17, 15) is 9.59 Å². The van der Waals surface area contributed by atoms with Gasteiger partial charge in [0.2, 0.25) is 5.91 Å². The molecule has 1 atom stereocenters. The van der Waals surface area contributed by atoms with Crippen molar-refractivity contribution in [3.05, 3.63) is 0 Å². The highest BCUT2D eigenvalue weighted by Gasteiger charge is 2.30. The van der Waals surface area contributed by atoms with E-state index in [2.05, 4.69) is 10.1 Å². The van der Waals surface area contributed by atoms with Crippen molar-refractivity contribution in [3.8, 4) is 0 Å². The maximum atomic E-state index is 11.9. The molecule has 0 aliphatic rings. The lowest BCUT2D eigenvalue weighted by atomic mass is 9.94. The number of hydrogen-bond donors (Lipinski definition) is 1. The van der Waals surface area contributed by atoms with Crippen molar-refractivity contribution < 1.29 is 14.3 Å². The van der Waals surface area contributed by atoms with Gasteiger partial charge in [-0.25, -0.2) is 4.79 Å². The predicted octanol–water partition coefficient (Wildman–Crippen LogP) is 1.66. The summed E-state index contributed by atoms with van der Waals surface area (Å²) in [6, 6.07) is -0.595. The molecule has 0 saturated heterocycles. The van der Waals surface area contributed by atoms with E-state index < -0.39 is 17.4 Å². The number of halogens is 1. The van der Waals surface area contributed by atoms with Crippen LogP contribution in [0, 0.1) is 5.41 Å². The molecular formula is C11H20ClNO3S. The van der Waals surface area contributed by atoms with Gasteiger partial charge in [-0.15, -0.1) is 11.6 Å². The average Bonchev–Trinajstić information content (AvgIpc) is 2.32. The molecule has 0 aliphatic heterocycles. The Hall–Kier alpha value is -0.420. The molecule has 0 aromatic heterocycles. The van der Waals surface area contributed by atoms with Crippen LogP contribution < -0.4 is 5.32 Å². The molecule has 0 saturated carbocycles. The van der Waals surface area contributed by atoms with Crippen LogP contribution in [0.5, 0.6) is 0 Å². The number of rotatable bonds is 7. The molecule has 1 amide bonds. The molecule has 4 nitrogen and oxygen atoms in total. The summed E-state index contributed by atoms with van der Waals surface area (Å²) in [4.78, 5) is 23.4. The topological polar surface area (TPSA) is 55.4 Å². The number of carbonyl (C=O) groups is 2. The van der Waals surface area contributed by atoms with Crippen LogP contribution in [0.25, 0.3) is 0 Å². The largest absolute Gasteiger partial charge is 0.467 e. The predicted molar refractivity (Wildman–Crippen MR) is 71.4 cm³/mol. The first-order valence-electron chi connectivity index (χ1n) is 5.32. The molecule has 0 bridgehead atoms. The van der Waals surface area contributed by atoms with Gasteiger partial charge in [0.25, 0.3) is 0 Å². The van der Waals surface area contributed by atoms with Crippen LogP contribution in [0.2, 0.25) is 0 Å². The van der Waals surface area contributed by atoms with Crippen LogP contribution in [0.15, 0.2) is 0 Å². The lowest BCUT2D eigenvalue weighted by Crippen LogP contribution is -2.47. The fourth-order valence-corrected chi connectivity index (χ4v) is 1.63. The lowest BCUT2D eigenvalue weighted by molar-refractivity contribution is -0.146. The third-order valence-electron chi connectivity index (χ3n) is 2.35. The van der Waals surface area contributed by atoms with Crippen molar-refractivity contribution in [2.45, 2.75) is 26.3 Å². The summed E-state index contributed by atoms with van der Waals surface area (Å²) >= 11 is 7.32. The number of amides is 1. The molecule has 0 aromatic rings. The van der Waals surface area contributed by atoms with Gasteiger partial charge in [0.15, 0.2) is 0 Å². The van der Waals surface area contributed by atoms with Crippen LogP contribution in [0.1, 0.15) is 20.3 Å². The molecule has 0 aliphatic carbocycles. The Labute approximate surface area is 112 Å². The summed E-state index contributed by atoms with van der Waals surface area (Å²) in [5.74, 6) is 0.332. The molecule has 0 spiro atoms. The summed E-state index contributed by atoms with van der Waals surface area (Å²) in [6.07, 6.45) is 2.50. The number of hydrogen-bond acceptors (Lipinski definition) is 4. The lowest BCUT2D eigenvalue weighted by Gasteiger charge is -2.24. The minimum atomic E-state index is -0.687. The minimum Gasteiger partial charge on any atom is -0.467 e. The molecule has 0 aromatic carbocycles. The van der Waals surface area contributed by atoms with Gasteiger partial charge in [-0.3, -0.25) is 4.79 Å². The number of methoxy groups -OCH3 is 1. The Balaban J connectivity index is 4.52. The fourth-order valence-electron chi connectivity index (χ4n) is 1.04. The van der Waals surface area contributed by atoms with E-state index in [1.807, 2.05) is 6.26 Å². The zero-order valence-electron chi connectivity index (χ0n) is 10.7. The highest BCUT2D eigenvalue weighted by molar-refractivity contribution is 7.98. The quantitative estimate of drug-likeness (QED) is 0.570. The van der Waals surface area contributed by atoms with Crippen molar-refractivity contribution in [1.29, 1.82) is 0 Å². The van der Waals surface area contributed by atoms with Crippen molar-refractivity contribution in [2.75, 3.05) is 25.0 Å². The van der Waals surface area contributed by atoms with Gasteiger partial charge in [-0.05, 0) is 32.3 Å². The second-order valence-corrected chi connectivity index (χ2v) is 5.60. The molecule has 0 rings (SSSR count). The van der Waals surface area contributed by atoms with Crippen LogP contribution in [0.3, 0.4) is 0 Å². The van der Waals surface area contributed by atoms with Crippen LogP contribution >= 0.6 is 23.4 Å². The highest BCUT2D eigenvalue weighted by atomic mass is 35.5. The molecule has 0 fully saturated rings. The van der Waals surface area contributed by atoms with E-state index >= 15 is 0 Å². The van der Waals surface area contributed by atoms with Gasteiger partial charge < -0.3 is 10.1 Å². The Morgan fingerprint density at radius 2 is 2.06 bits per heavy atom. The molecule has 1 N–H and O–H groups in total. The van der Waals surface area contributed by atoms with Gasteiger partial charge in [0.05, 0.1) is 12.5 Å². The standard InChI is InChI=1S/C11H20ClNO3S/c1-11(2,7-12)10(15)13-8(5-6-17-4)9(14)16-3/h8H,5-7H2,1-4H3,(H,13,15). The normalized spacial score (nSPS) is 13.0. The Kier molecular flexibility index (Phi) is 7.63. The highest BCUT2D eigenvalue weighted by Crippen LogP contribution is 2.17. The van der Waals surface area contributed by atoms with Crippen LogP contribution in [-0.2, 0) is 14.3 Å². The van der Waals surface area contributed by atoms with E-state index in [0.29, 0.717) is 6.42 Å². The number of alkyl halides is 1. The van der Waals surface area contributed by atoms with E-state index in [-0.39, 0.29) is 11.8 Å². The van der Waals surface area contributed by atoms with E-state index in [4.69, 9.17) is 11.6 Å². The average molecular weight is 282 g/mol. The van der Waals surface area contributed by atoms with E-state index in [1.54, 1.807) is 25.6 Å². The Morgan fingerprint density at radius 3 is 2.47 bits per heavy atom. The third kappa shape index (κ3) is 5.64. The molecule has 0 heterocycles. The van der Waals surface area contributed by atoms with Crippen molar-refractivity contribution in [2.24, 2.45) is 5.41 Å². The zero-order valence-corrected chi connectivity index (χ0v) is 12.3. The van der Waals surface area contributed by atoms with Crippen molar-refractivity contribution in [1.82, 2.24) is 5.32 Å². The molecular weight excluding hydrogens is 262 g/mol. The molecule has 100 valence electrons. The summed E-state index contributed by atoms with van der Waals surface area (Å²) in [7, 11) is 1.31. The number of esters is 1. The fraction of sp³-hybridized carbons (Fsp3) is 0.818. The summed E-state index contributed by atoms with van der Waals surface area (Å²) in [5.41, 5.74) is -0.687. The zero-order chi connectivity index (χ0) is 13.5. The third-order valence-corrected chi connectivity index (χ3v) is 3.66. The van der Waals surface area contributed by atoms with Gasteiger partial charge >= 0.3 is 5.97 Å². The van der Waals surface area contributed by atoms with Gasteiger partial charge in [-0.2, -0.15) is 11.8 Å². The summed E-state index contributed by atoms with van der Waals surface area (Å²) in [5, 5.41) is 2.68. The molecule has 17 heavy (non-hydrogen) atoms. The van der Waals surface area contributed by atoms with Crippen molar-refractivity contribution >= 4 is 35.2 Å². The summed E-state index contributed by atoms with van der Waals surface area (Å²) in [6.45, 7) is 3.47. The SMILES string of the molecule is COC(=O)C(CCSC)NC(=O)C(C)(C)CCl. The molecule has 6 heteroatoms. The van der Waals surface area contributed by atoms with E-state index in [1.165, 1.54) is 7.11 Å². The van der Waals surface area contributed by atoms with Gasteiger partial charge in [-0.1, -0.05) is 0 Å². The molecule has 1 unspecified atom stereocenters. The van der Waals surface area contributed by atoms with Crippen LogP contribution in [-0.4, -0.2) is 42.9 Å². The number of nitrogens with one attached hydrogen (secondary N) is 1. The first-order valence-corrected chi connectivity index (χ1v) is 7.25. The minimum absolute atomic E-state index is 0.204. The smallest absolute Gasteiger partial charge is 0.328 e. The first-order chi connectivity index (χ1) is 7.88. The van der Waals surface area contributed by atoms with Crippen LogP contribution in [0.4, 0.5) is 0 Å². The van der Waals surface area contributed by atoms with Gasteiger partial charge in [0.1, 0.15) is 6.04 Å². The second kappa shape index (κ2) is 7.82.